The molecular weight excluding hydrogens is 1160 g/mol. The molecule has 0 amide bonds. The molecular formula is C74H109Cl3O10. The molecule has 0 aromatic heterocycles. The maximum atomic E-state index is 11.2. The van der Waals surface area contributed by atoms with Crippen LogP contribution in [0.15, 0.2) is 109 Å². The van der Waals surface area contributed by atoms with Crippen molar-refractivity contribution in [3.8, 4) is 0 Å². The Hall–Kier alpha value is -4.00. The lowest BCUT2D eigenvalue weighted by Crippen LogP contribution is -2.18. The fourth-order valence-corrected chi connectivity index (χ4v) is 14.2. The highest BCUT2D eigenvalue weighted by atomic mass is 35.5. The number of hydrogen-bond acceptors (Lipinski definition) is 9. The van der Waals surface area contributed by atoms with Crippen LogP contribution in [0.3, 0.4) is 0 Å². The van der Waals surface area contributed by atoms with Crippen LogP contribution in [0, 0.1) is 17.8 Å². The summed E-state index contributed by atoms with van der Waals surface area (Å²) in [7, 11) is 2.83. The largest absolute Gasteiger partial charge is 0.481 e. The number of carbonyl (C=O) groups excluding carboxylic acids is 2. The lowest BCUT2D eigenvalue weighted by atomic mass is 9.84. The van der Waals surface area contributed by atoms with E-state index in [1.807, 2.05) is 30.3 Å². The van der Waals surface area contributed by atoms with Crippen LogP contribution in [-0.2, 0) is 36.7 Å². The molecule has 4 unspecified atom stereocenters. The van der Waals surface area contributed by atoms with Crippen molar-refractivity contribution >= 4 is 52.7 Å². The molecule has 13 atom stereocenters. The minimum atomic E-state index is -0.748. The Morgan fingerprint density at radius 2 is 0.805 bits per heavy atom. The molecule has 5 N–H and O–H groups in total. The van der Waals surface area contributed by atoms with Crippen molar-refractivity contribution in [3.05, 3.63) is 143 Å². The number of rotatable bonds is 36. The van der Waals surface area contributed by atoms with Crippen molar-refractivity contribution in [2.24, 2.45) is 17.8 Å². The number of hydrogen-bond donors (Lipinski definition) is 5. The molecule has 6 rings (SSSR count). The Morgan fingerprint density at radius 3 is 1.14 bits per heavy atom. The average molecular weight is 1270 g/mol. The summed E-state index contributed by atoms with van der Waals surface area (Å²) in [5.41, 5.74) is 7.14. The first kappa shape index (κ1) is 75.5. The van der Waals surface area contributed by atoms with Gasteiger partial charge in [0.25, 0.3) is 0 Å². The lowest BCUT2D eigenvalue weighted by Gasteiger charge is -2.23. The van der Waals surface area contributed by atoms with Crippen molar-refractivity contribution in [2.75, 3.05) is 14.2 Å². The number of carbonyl (C=O) groups is 3. The van der Waals surface area contributed by atoms with Crippen molar-refractivity contribution in [2.45, 2.75) is 265 Å². The number of halogens is 3. The van der Waals surface area contributed by atoms with Gasteiger partial charge in [0.1, 0.15) is 0 Å². The van der Waals surface area contributed by atoms with Gasteiger partial charge in [-0.15, -0.1) is 34.8 Å². The summed E-state index contributed by atoms with van der Waals surface area (Å²) in [6.07, 6.45) is 37.6. The second kappa shape index (κ2) is 43.7. The van der Waals surface area contributed by atoms with E-state index < -0.39 is 24.3 Å². The zero-order chi connectivity index (χ0) is 63.3. The topological polar surface area (TPSA) is 171 Å². The van der Waals surface area contributed by atoms with E-state index in [0.29, 0.717) is 38.5 Å². The molecule has 0 spiro atoms. The third kappa shape index (κ3) is 27.6. The van der Waals surface area contributed by atoms with Gasteiger partial charge >= 0.3 is 17.9 Å². The predicted molar refractivity (Wildman–Crippen MR) is 358 cm³/mol. The van der Waals surface area contributed by atoms with E-state index >= 15 is 0 Å². The highest BCUT2D eigenvalue weighted by molar-refractivity contribution is 6.21. The Balaban J connectivity index is 0.000000279. The molecule has 3 saturated carbocycles. The minimum Gasteiger partial charge on any atom is -0.481 e. The highest BCUT2D eigenvalue weighted by Crippen LogP contribution is 2.47. The summed E-state index contributed by atoms with van der Waals surface area (Å²) in [4.78, 5) is 32.9. The van der Waals surface area contributed by atoms with Crippen LogP contribution in [-0.4, -0.2) is 92.1 Å². The normalized spacial score (nSPS) is 24.7. The zero-order valence-electron chi connectivity index (χ0n) is 53.3. The number of aryl methyl sites for hydroxylation is 2. The number of aliphatic carboxylic acids is 1. The van der Waals surface area contributed by atoms with E-state index in [9.17, 15) is 34.8 Å². The molecule has 10 nitrogen and oxygen atoms in total. The van der Waals surface area contributed by atoms with Crippen LogP contribution >= 0.6 is 34.8 Å². The number of aliphatic hydroxyl groups is 4. The maximum absolute atomic E-state index is 11.2. The van der Waals surface area contributed by atoms with Crippen molar-refractivity contribution < 1.29 is 49.4 Å². The molecule has 3 aromatic carbocycles. The number of allylic oxidation sites excluding steroid dienone is 6. The average Bonchev–Trinajstić information content (AvgIpc) is 2.53. The van der Waals surface area contributed by atoms with E-state index in [1.165, 1.54) is 87.8 Å². The molecule has 3 aliphatic rings. The first-order chi connectivity index (χ1) is 42.1. The second-order valence-corrected chi connectivity index (χ2v) is 26.3. The quantitative estimate of drug-likeness (QED) is 0.0163. The van der Waals surface area contributed by atoms with Crippen molar-refractivity contribution in [1.82, 2.24) is 0 Å². The number of esters is 2. The number of carboxylic acids is 1. The number of methoxy groups -OCH3 is 2. The Labute approximate surface area is 539 Å². The molecule has 3 aliphatic carbocycles. The molecule has 486 valence electrons. The van der Waals surface area contributed by atoms with Gasteiger partial charge in [-0.3, -0.25) is 14.4 Å². The molecule has 3 aromatic rings. The van der Waals surface area contributed by atoms with Crippen LogP contribution in [0.25, 0.3) is 0 Å². The summed E-state index contributed by atoms with van der Waals surface area (Å²) >= 11 is 19.7. The smallest absolute Gasteiger partial charge is 0.305 e. The van der Waals surface area contributed by atoms with E-state index in [2.05, 4.69) is 109 Å². The molecule has 3 fully saturated rings. The minimum absolute atomic E-state index is 0.00139. The summed E-state index contributed by atoms with van der Waals surface area (Å²) < 4.78 is 9.31. The number of ether oxygens (including phenoxy) is 2. The Morgan fingerprint density at radius 1 is 0.471 bits per heavy atom. The SMILES string of the molecule is CCCCCC(O)c1ccc([C@@H]2C(C/C=C\CCCC(=O)OC)[C@H](Cl)C[C@H]2O)cc1.CCCCCCc1ccc([C@@H]2C(C/C=C\CCCC(=O)O)[C@H](Cl)C[C@H]2O)cc1.CCCCCCc1ccc([C@@H]2C(C/C=C\CCCC(=O)OC)[C@H](Cl)C[C@H]2O)cc1. The second-order valence-electron chi connectivity index (χ2n) is 24.7. The van der Waals surface area contributed by atoms with Crippen LogP contribution < -0.4 is 0 Å². The number of aliphatic hydroxyl groups excluding tert-OH is 4. The number of benzene rings is 3. The monoisotopic (exact) mass is 1260 g/mol. The van der Waals surface area contributed by atoms with Crippen LogP contribution in [0.1, 0.15) is 251 Å². The van der Waals surface area contributed by atoms with E-state index in [-0.39, 0.29) is 76.1 Å². The number of unbranched alkanes of at least 4 members (excludes halogenated alkanes) is 11. The first-order valence-electron chi connectivity index (χ1n) is 33.3. The van der Waals surface area contributed by atoms with Crippen molar-refractivity contribution in [3.63, 3.8) is 0 Å². The van der Waals surface area contributed by atoms with E-state index in [0.717, 1.165) is 101 Å². The standard InChI is InChI=1S/C25H37ClO4.C25H37ClO3.C24H35ClO3/c1-3-4-7-11-22(27)18-13-15-19(16-14-18)25-20(21(26)17-23(25)28)10-8-5-6-9-12-24(29)30-2;1-3-4-5-8-11-19-14-16-20(17-15-19)25-21(22(26)18-23(25)27)12-9-6-7-10-13-24(28)29-2;1-2-3-4-7-10-18-13-15-19(16-14-18)24-20(21(25)17-22(24)26)11-8-5-6-9-12-23(27)28/h5,8,13-16,20-23,25,27-28H,3-4,6-7,9-12,17H2,1-2H3;6,9,14-17,21-23,25,27H,3-5,7-8,10-13,18H2,1-2H3;5,8,13-16,20-22,24,26H,2-4,6-7,9-12,17H2,1H3,(H,27,28)/b8-5-;9-6-;8-5-/t20?,21-,22?,23-,25-;21?,22-,23-,25-;20?,21-,22-,24-/m111/s1. The van der Waals surface area contributed by atoms with Crippen LogP contribution in [0.2, 0.25) is 0 Å². The molecule has 0 saturated heterocycles. The van der Waals surface area contributed by atoms with Gasteiger partial charge in [0.15, 0.2) is 0 Å². The third-order valence-electron chi connectivity index (χ3n) is 18.0. The molecule has 0 bridgehead atoms. The summed E-state index contributed by atoms with van der Waals surface area (Å²) in [6.45, 7) is 6.62. The summed E-state index contributed by atoms with van der Waals surface area (Å²) in [6, 6.07) is 25.6. The van der Waals surface area contributed by atoms with Gasteiger partial charge in [0.05, 0.1) is 38.6 Å². The predicted octanol–water partition coefficient (Wildman–Crippen LogP) is 17.9. The van der Waals surface area contributed by atoms with Gasteiger partial charge < -0.3 is 35.0 Å². The Kier molecular flexibility index (Phi) is 37.9. The van der Waals surface area contributed by atoms with Gasteiger partial charge in [0, 0.05) is 53.1 Å². The fourth-order valence-electron chi connectivity index (χ4n) is 12.9. The highest BCUT2D eigenvalue weighted by Gasteiger charge is 2.44. The van der Waals surface area contributed by atoms with Gasteiger partial charge in [-0.2, -0.15) is 0 Å². The molecule has 0 heterocycles. The van der Waals surface area contributed by atoms with Crippen LogP contribution in [0.4, 0.5) is 0 Å². The van der Waals surface area contributed by atoms with Gasteiger partial charge in [-0.05, 0) is 160 Å². The Bertz CT molecular complexity index is 2430. The fraction of sp³-hybridized carbons (Fsp3) is 0.635. The molecule has 87 heavy (non-hydrogen) atoms. The summed E-state index contributed by atoms with van der Waals surface area (Å²) in [5.74, 6) is -0.318. The zero-order valence-corrected chi connectivity index (χ0v) is 55.6. The lowest BCUT2D eigenvalue weighted by molar-refractivity contribution is -0.141. The summed E-state index contributed by atoms with van der Waals surface area (Å²) in [5, 5.41) is 50.8. The van der Waals surface area contributed by atoms with E-state index in [4.69, 9.17) is 39.9 Å². The number of carboxylic acid groups (broad SMARTS) is 1. The van der Waals surface area contributed by atoms with Crippen molar-refractivity contribution in [1.29, 1.82) is 0 Å². The molecule has 0 aliphatic heterocycles. The number of alkyl halides is 3. The van der Waals surface area contributed by atoms with Gasteiger partial charge in [0.2, 0.25) is 0 Å². The van der Waals surface area contributed by atoms with Gasteiger partial charge in [-0.1, -0.05) is 188 Å². The maximum Gasteiger partial charge on any atom is 0.305 e. The van der Waals surface area contributed by atoms with Gasteiger partial charge in [-0.25, -0.2) is 0 Å². The third-order valence-corrected chi connectivity index (χ3v) is 19.5. The molecule has 0 radical (unpaired) electrons. The molecule has 13 heteroatoms. The van der Waals surface area contributed by atoms with E-state index in [1.54, 1.807) is 0 Å². The first-order valence-corrected chi connectivity index (χ1v) is 34.6. The van der Waals surface area contributed by atoms with Crippen LogP contribution in [0.5, 0.6) is 0 Å².